The van der Waals surface area contributed by atoms with E-state index < -0.39 is 5.91 Å². The Bertz CT molecular complexity index is 862. The second-order valence-corrected chi connectivity index (χ2v) is 6.30. The summed E-state index contributed by atoms with van der Waals surface area (Å²) in [5.74, 6) is 4.42. The van der Waals surface area contributed by atoms with Gasteiger partial charge in [-0.25, -0.2) is 5.84 Å². The van der Waals surface area contributed by atoms with E-state index in [1.807, 2.05) is 43.3 Å². The number of pyridine rings is 1. The first-order valence-electron chi connectivity index (χ1n) is 8.62. The second-order valence-electron chi connectivity index (χ2n) is 6.30. The van der Waals surface area contributed by atoms with Crippen molar-refractivity contribution in [3.63, 3.8) is 0 Å². The summed E-state index contributed by atoms with van der Waals surface area (Å²) in [4.78, 5) is 34.9. The lowest BCUT2D eigenvalue weighted by Gasteiger charge is -2.28. The molecule has 0 bridgehead atoms. The molecule has 27 heavy (non-hydrogen) atoms. The molecule has 1 aromatic carbocycles. The minimum Gasteiger partial charge on any atom is -0.306 e. The van der Waals surface area contributed by atoms with Gasteiger partial charge in [-0.2, -0.15) is 0 Å². The summed E-state index contributed by atoms with van der Waals surface area (Å²) in [7, 11) is 0. The van der Waals surface area contributed by atoms with Crippen LogP contribution in [-0.2, 0) is 11.3 Å². The number of nitrogen functional groups attached to an aromatic ring is 1. The number of hydrogen-bond acceptors (Lipinski definition) is 5. The van der Waals surface area contributed by atoms with Gasteiger partial charge in [-0.1, -0.05) is 31.2 Å². The molecule has 7 heteroatoms. The van der Waals surface area contributed by atoms with Gasteiger partial charge in [0, 0.05) is 30.2 Å². The summed E-state index contributed by atoms with van der Waals surface area (Å²) in [5.41, 5.74) is 3.89. The number of amides is 2. The summed E-state index contributed by atoms with van der Waals surface area (Å²) in [6.45, 7) is 2.26. The first-order chi connectivity index (χ1) is 13.1. The van der Waals surface area contributed by atoms with Gasteiger partial charge in [-0.05, 0) is 24.3 Å². The van der Waals surface area contributed by atoms with Gasteiger partial charge in [0.05, 0.1) is 23.7 Å². The molecule has 2 atom stereocenters. The number of aromatic nitrogens is 1. The number of carbonyl (C=O) groups excluding carboxylic acids is 2. The molecule has 0 radical (unpaired) electrons. The molecule has 0 saturated heterocycles. The van der Waals surface area contributed by atoms with Crippen LogP contribution in [0.25, 0.3) is 0 Å². The highest BCUT2D eigenvalue weighted by molar-refractivity contribution is 5.98. The standard InChI is InChI=1S/C20H21N5O2/c1-14-11-22-10-9-18(14)20(27)25(17-5-3-2-4-6-17)13-16-8-7-15(12-23-16)19(26)24-21/h2-12,14,18H,13,21H2,1H3,(H,24,26). The predicted octanol–water partition coefficient (Wildman–Crippen LogP) is 2.07. The highest BCUT2D eigenvalue weighted by Gasteiger charge is 2.29. The molecule has 3 rings (SSSR count). The van der Waals surface area contributed by atoms with E-state index in [1.54, 1.807) is 29.4 Å². The number of nitrogens with one attached hydrogen (secondary N) is 1. The Kier molecular flexibility index (Phi) is 5.73. The van der Waals surface area contributed by atoms with Crippen LogP contribution in [0.3, 0.4) is 0 Å². The molecule has 1 aliphatic rings. The van der Waals surface area contributed by atoms with Gasteiger partial charge >= 0.3 is 0 Å². The van der Waals surface area contributed by atoms with Crippen molar-refractivity contribution in [2.24, 2.45) is 22.7 Å². The number of rotatable bonds is 5. The highest BCUT2D eigenvalue weighted by atomic mass is 16.2. The lowest BCUT2D eigenvalue weighted by atomic mass is 9.92. The fraction of sp³-hybridized carbons (Fsp3) is 0.200. The lowest BCUT2D eigenvalue weighted by molar-refractivity contribution is -0.121. The summed E-state index contributed by atoms with van der Waals surface area (Å²) in [6, 6.07) is 12.8. The summed E-state index contributed by atoms with van der Waals surface area (Å²) < 4.78 is 0. The van der Waals surface area contributed by atoms with Crippen molar-refractivity contribution in [1.29, 1.82) is 0 Å². The van der Waals surface area contributed by atoms with Crippen molar-refractivity contribution in [1.82, 2.24) is 10.4 Å². The van der Waals surface area contributed by atoms with Crippen LogP contribution in [0.4, 0.5) is 5.69 Å². The maximum Gasteiger partial charge on any atom is 0.266 e. The van der Waals surface area contributed by atoms with Gasteiger partial charge in [0.25, 0.3) is 5.91 Å². The number of nitrogens with two attached hydrogens (primary N) is 1. The van der Waals surface area contributed by atoms with Gasteiger partial charge in [0.1, 0.15) is 0 Å². The van der Waals surface area contributed by atoms with E-state index in [4.69, 9.17) is 5.84 Å². The van der Waals surface area contributed by atoms with Crippen LogP contribution in [0, 0.1) is 11.8 Å². The number of benzene rings is 1. The Labute approximate surface area is 157 Å². The fourth-order valence-electron chi connectivity index (χ4n) is 2.89. The van der Waals surface area contributed by atoms with Crippen LogP contribution in [0.15, 0.2) is 65.9 Å². The van der Waals surface area contributed by atoms with Crippen LogP contribution >= 0.6 is 0 Å². The lowest BCUT2D eigenvalue weighted by Crippen LogP contribution is -2.38. The average Bonchev–Trinajstić information content (AvgIpc) is 2.72. The third kappa shape index (κ3) is 4.27. The van der Waals surface area contributed by atoms with Gasteiger partial charge < -0.3 is 4.90 Å². The quantitative estimate of drug-likeness (QED) is 0.482. The van der Waals surface area contributed by atoms with E-state index in [0.29, 0.717) is 17.8 Å². The molecule has 1 aromatic heterocycles. The van der Waals surface area contributed by atoms with Crippen LogP contribution in [0.1, 0.15) is 23.0 Å². The maximum atomic E-state index is 13.2. The number of hydrazine groups is 1. The zero-order valence-corrected chi connectivity index (χ0v) is 14.9. The zero-order chi connectivity index (χ0) is 19.2. The minimum atomic E-state index is -0.412. The summed E-state index contributed by atoms with van der Waals surface area (Å²) in [5, 5.41) is 0. The van der Waals surface area contributed by atoms with Gasteiger partial charge in [0.2, 0.25) is 5.91 Å². The van der Waals surface area contributed by atoms with Crippen LogP contribution < -0.4 is 16.2 Å². The fourth-order valence-corrected chi connectivity index (χ4v) is 2.89. The number of carbonyl (C=O) groups is 2. The molecule has 2 aromatic rings. The van der Waals surface area contributed by atoms with E-state index in [1.165, 1.54) is 6.20 Å². The van der Waals surface area contributed by atoms with Crippen molar-refractivity contribution in [2.45, 2.75) is 13.5 Å². The number of nitrogens with zero attached hydrogens (tertiary/aromatic N) is 3. The van der Waals surface area contributed by atoms with E-state index in [-0.39, 0.29) is 17.7 Å². The molecule has 2 unspecified atom stereocenters. The molecule has 0 saturated carbocycles. The summed E-state index contributed by atoms with van der Waals surface area (Å²) in [6.07, 6.45) is 6.71. The van der Waals surface area contributed by atoms with E-state index in [9.17, 15) is 9.59 Å². The van der Waals surface area contributed by atoms with Gasteiger partial charge in [0.15, 0.2) is 0 Å². The topological polar surface area (TPSA) is 101 Å². The molecular formula is C20H21N5O2. The SMILES string of the molecule is CC1C=NC=CC1C(=O)N(Cc1ccc(C(=O)NN)cn1)c1ccccc1. The molecular weight excluding hydrogens is 342 g/mol. The van der Waals surface area contributed by atoms with Gasteiger partial charge in [-0.3, -0.25) is 25.0 Å². The molecule has 0 spiro atoms. The summed E-state index contributed by atoms with van der Waals surface area (Å²) >= 11 is 0. The Hall–Kier alpha value is -3.32. The number of anilines is 1. The maximum absolute atomic E-state index is 13.2. The smallest absolute Gasteiger partial charge is 0.266 e. The first-order valence-corrected chi connectivity index (χ1v) is 8.62. The van der Waals surface area contributed by atoms with Crippen molar-refractivity contribution in [3.05, 3.63) is 72.2 Å². The number of aliphatic imine (C=N–C) groups is 1. The number of hydrogen-bond donors (Lipinski definition) is 2. The zero-order valence-electron chi connectivity index (χ0n) is 14.9. The Morgan fingerprint density at radius 3 is 2.59 bits per heavy atom. The molecule has 0 fully saturated rings. The third-order valence-electron chi connectivity index (χ3n) is 4.42. The second kappa shape index (κ2) is 8.37. The normalized spacial score (nSPS) is 18.1. The van der Waals surface area contributed by atoms with Crippen LogP contribution in [-0.4, -0.2) is 23.0 Å². The predicted molar refractivity (Wildman–Crippen MR) is 104 cm³/mol. The Morgan fingerprint density at radius 1 is 1.19 bits per heavy atom. The van der Waals surface area contributed by atoms with Crippen molar-refractivity contribution in [3.8, 4) is 0 Å². The van der Waals surface area contributed by atoms with Crippen molar-refractivity contribution in [2.75, 3.05) is 4.90 Å². The van der Waals surface area contributed by atoms with E-state index in [0.717, 1.165) is 5.69 Å². The Morgan fingerprint density at radius 2 is 1.96 bits per heavy atom. The van der Waals surface area contributed by atoms with Crippen LogP contribution in [0.2, 0.25) is 0 Å². The van der Waals surface area contributed by atoms with Crippen LogP contribution in [0.5, 0.6) is 0 Å². The molecule has 0 aliphatic carbocycles. The first kappa shape index (κ1) is 18.5. The van der Waals surface area contributed by atoms with E-state index >= 15 is 0 Å². The minimum absolute atomic E-state index is 0.0114. The third-order valence-corrected chi connectivity index (χ3v) is 4.42. The molecule has 1 aliphatic heterocycles. The van der Waals surface area contributed by atoms with Crippen molar-refractivity contribution < 1.29 is 9.59 Å². The highest BCUT2D eigenvalue weighted by Crippen LogP contribution is 2.24. The number of para-hydroxylation sites is 1. The van der Waals surface area contributed by atoms with Crippen molar-refractivity contribution >= 4 is 23.7 Å². The molecule has 2 heterocycles. The monoisotopic (exact) mass is 363 g/mol. The molecule has 7 nitrogen and oxygen atoms in total. The molecule has 2 amide bonds. The van der Waals surface area contributed by atoms with E-state index in [2.05, 4.69) is 15.4 Å². The molecule has 138 valence electrons. The average molecular weight is 363 g/mol. The van der Waals surface area contributed by atoms with Gasteiger partial charge in [-0.15, -0.1) is 0 Å². The largest absolute Gasteiger partial charge is 0.306 e. The molecule has 3 N–H and O–H groups in total. The Balaban J connectivity index is 1.87.